The van der Waals surface area contributed by atoms with Gasteiger partial charge in [-0.2, -0.15) is 0 Å². The fourth-order valence-corrected chi connectivity index (χ4v) is 3.50. The van der Waals surface area contributed by atoms with Crippen molar-refractivity contribution in [1.82, 2.24) is 9.55 Å². The standard InChI is InChI=1S/C17H12F2N4OS/c18-13-5-4-12(8-14(13)19)22-9-21-17-23(10-22)16(24)15(25-17)7-11-3-1-2-6-20-11/h1-8H,9-10H2. The third kappa shape index (κ3) is 2.96. The van der Waals surface area contributed by atoms with Gasteiger partial charge in [0.25, 0.3) is 5.56 Å². The Bertz CT molecular complexity index is 1110. The van der Waals surface area contributed by atoms with E-state index in [1.807, 2.05) is 12.1 Å². The van der Waals surface area contributed by atoms with Crippen molar-refractivity contribution in [3.05, 3.63) is 79.6 Å². The van der Waals surface area contributed by atoms with Gasteiger partial charge in [0, 0.05) is 18.0 Å². The average Bonchev–Trinajstić information content (AvgIpc) is 2.94. The molecule has 0 atom stereocenters. The predicted octanol–water partition coefficient (Wildman–Crippen LogP) is 1.47. The number of hydrogen-bond donors (Lipinski definition) is 0. The van der Waals surface area contributed by atoms with Gasteiger partial charge in [0.1, 0.15) is 13.3 Å². The van der Waals surface area contributed by atoms with Crippen LogP contribution in [0.3, 0.4) is 0 Å². The molecule has 25 heavy (non-hydrogen) atoms. The Morgan fingerprint density at radius 2 is 2.04 bits per heavy atom. The number of rotatable bonds is 2. The summed E-state index contributed by atoms with van der Waals surface area (Å²) in [6.07, 6.45) is 3.38. The van der Waals surface area contributed by atoms with Crippen molar-refractivity contribution in [3.63, 3.8) is 0 Å². The van der Waals surface area contributed by atoms with Gasteiger partial charge >= 0.3 is 0 Å². The van der Waals surface area contributed by atoms with E-state index in [9.17, 15) is 13.6 Å². The van der Waals surface area contributed by atoms with Gasteiger partial charge in [0.2, 0.25) is 0 Å². The van der Waals surface area contributed by atoms with Crippen LogP contribution in [0.25, 0.3) is 6.08 Å². The fraction of sp³-hybridized carbons (Fsp3) is 0.118. The molecular formula is C17H12F2N4OS. The van der Waals surface area contributed by atoms with Crippen LogP contribution < -0.4 is 19.8 Å². The summed E-state index contributed by atoms with van der Waals surface area (Å²) < 4.78 is 28.6. The molecule has 0 saturated carbocycles. The van der Waals surface area contributed by atoms with Gasteiger partial charge in [-0.3, -0.25) is 14.3 Å². The summed E-state index contributed by atoms with van der Waals surface area (Å²) in [7, 11) is 0. The smallest absolute Gasteiger partial charge is 0.271 e. The molecule has 3 heterocycles. The first-order chi connectivity index (χ1) is 12.1. The molecule has 0 spiro atoms. The van der Waals surface area contributed by atoms with E-state index in [0.29, 0.717) is 20.7 Å². The van der Waals surface area contributed by atoms with E-state index in [1.165, 1.54) is 22.0 Å². The van der Waals surface area contributed by atoms with Crippen LogP contribution in [0.2, 0.25) is 0 Å². The number of nitrogens with zero attached hydrogens (tertiary/aromatic N) is 4. The van der Waals surface area contributed by atoms with Crippen molar-refractivity contribution in [2.75, 3.05) is 11.6 Å². The summed E-state index contributed by atoms with van der Waals surface area (Å²) >= 11 is 1.29. The van der Waals surface area contributed by atoms with Crippen molar-refractivity contribution in [2.24, 2.45) is 4.99 Å². The molecule has 0 saturated heterocycles. The Labute approximate surface area is 144 Å². The molecule has 3 aromatic rings. The summed E-state index contributed by atoms with van der Waals surface area (Å²) in [5.41, 5.74) is 0.986. The molecule has 2 aromatic heterocycles. The number of halogens is 2. The summed E-state index contributed by atoms with van der Waals surface area (Å²) in [4.78, 5) is 23.5. The average molecular weight is 358 g/mol. The van der Waals surface area contributed by atoms with Gasteiger partial charge in [0.15, 0.2) is 16.4 Å². The minimum atomic E-state index is -0.926. The van der Waals surface area contributed by atoms with E-state index < -0.39 is 11.6 Å². The van der Waals surface area contributed by atoms with E-state index >= 15 is 0 Å². The lowest BCUT2D eigenvalue weighted by Crippen LogP contribution is -2.42. The third-order valence-electron chi connectivity index (χ3n) is 3.81. The minimum Gasteiger partial charge on any atom is -0.333 e. The van der Waals surface area contributed by atoms with E-state index in [4.69, 9.17) is 0 Å². The summed E-state index contributed by atoms with van der Waals surface area (Å²) in [5.74, 6) is -1.83. The molecule has 0 unspecified atom stereocenters. The normalized spacial score (nSPS) is 14.3. The summed E-state index contributed by atoms with van der Waals surface area (Å²) in [6.45, 7) is 0.503. The zero-order valence-corrected chi connectivity index (χ0v) is 13.7. The monoisotopic (exact) mass is 358 g/mol. The maximum Gasteiger partial charge on any atom is 0.271 e. The fourth-order valence-electron chi connectivity index (χ4n) is 2.55. The zero-order chi connectivity index (χ0) is 17.4. The number of thiazole rings is 1. The number of fused-ring (bicyclic) bond motifs is 1. The van der Waals surface area contributed by atoms with Crippen molar-refractivity contribution in [2.45, 2.75) is 6.67 Å². The minimum absolute atomic E-state index is 0.179. The van der Waals surface area contributed by atoms with Gasteiger partial charge in [-0.25, -0.2) is 13.8 Å². The van der Waals surface area contributed by atoms with E-state index in [2.05, 4.69) is 9.98 Å². The summed E-state index contributed by atoms with van der Waals surface area (Å²) in [5, 5.41) is 0. The van der Waals surface area contributed by atoms with Crippen LogP contribution in [-0.2, 0) is 6.67 Å². The predicted molar refractivity (Wildman–Crippen MR) is 90.9 cm³/mol. The number of aromatic nitrogens is 2. The quantitative estimate of drug-likeness (QED) is 0.697. The molecule has 8 heteroatoms. The van der Waals surface area contributed by atoms with Crippen LogP contribution in [0.4, 0.5) is 14.5 Å². The maximum atomic E-state index is 13.4. The molecular weight excluding hydrogens is 346 g/mol. The molecule has 1 aliphatic rings. The number of pyridine rings is 1. The lowest BCUT2D eigenvalue weighted by Gasteiger charge is -2.25. The SMILES string of the molecule is O=c1c(=Cc2ccccn2)sc2n1CN(c1ccc(F)c(F)c1)CN=2. The zero-order valence-electron chi connectivity index (χ0n) is 12.9. The molecule has 0 N–H and O–H groups in total. The Morgan fingerprint density at radius 1 is 1.16 bits per heavy atom. The molecule has 5 nitrogen and oxygen atoms in total. The van der Waals surface area contributed by atoms with Crippen LogP contribution in [0.1, 0.15) is 5.69 Å². The van der Waals surface area contributed by atoms with E-state index in [0.717, 1.165) is 12.1 Å². The summed E-state index contributed by atoms with van der Waals surface area (Å²) in [6, 6.07) is 9.10. The van der Waals surface area contributed by atoms with Crippen molar-refractivity contribution >= 4 is 23.1 Å². The Hall–Kier alpha value is -2.87. The largest absolute Gasteiger partial charge is 0.333 e. The van der Waals surface area contributed by atoms with Gasteiger partial charge < -0.3 is 4.90 Å². The highest BCUT2D eigenvalue weighted by Crippen LogP contribution is 2.19. The topological polar surface area (TPSA) is 50.5 Å². The van der Waals surface area contributed by atoms with E-state index in [-0.39, 0.29) is 18.9 Å². The molecule has 0 aliphatic carbocycles. The molecule has 1 aromatic carbocycles. The molecule has 0 amide bonds. The van der Waals surface area contributed by atoms with Crippen molar-refractivity contribution < 1.29 is 8.78 Å². The first kappa shape index (κ1) is 15.6. The van der Waals surface area contributed by atoms with Crippen molar-refractivity contribution in [1.29, 1.82) is 0 Å². The number of hydrogen-bond acceptors (Lipinski definition) is 5. The maximum absolute atomic E-state index is 13.4. The molecule has 4 rings (SSSR count). The number of anilines is 1. The second-order valence-electron chi connectivity index (χ2n) is 5.46. The van der Waals surface area contributed by atoms with Gasteiger partial charge in [-0.15, -0.1) is 0 Å². The number of benzene rings is 1. The molecule has 0 fully saturated rings. The lowest BCUT2D eigenvalue weighted by atomic mass is 10.3. The van der Waals surface area contributed by atoms with Crippen LogP contribution >= 0.6 is 11.3 Å². The van der Waals surface area contributed by atoms with Crippen molar-refractivity contribution in [3.8, 4) is 0 Å². The van der Waals surface area contributed by atoms with Gasteiger partial charge in [-0.1, -0.05) is 17.4 Å². The van der Waals surface area contributed by atoms with Crippen LogP contribution in [-0.4, -0.2) is 16.2 Å². The van der Waals surface area contributed by atoms with Crippen LogP contribution in [0, 0.1) is 11.6 Å². The molecule has 0 bridgehead atoms. The molecule has 0 radical (unpaired) electrons. The highest BCUT2D eigenvalue weighted by molar-refractivity contribution is 7.07. The Balaban J connectivity index is 1.72. The Kier molecular flexibility index (Phi) is 3.89. The van der Waals surface area contributed by atoms with E-state index in [1.54, 1.807) is 23.2 Å². The van der Waals surface area contributed by atoms with Gasteiger partial charge in [0.05, 0.1) is 10.2 Å². The molecule has 1 aliphatic heterocycles. The molecule has 126 valence electrons. The van der Waals surface area contributed by atoms with Gasteiger partial charge in [-0.05, 0) is 30.3 Å². The third-order valence-corrected chi connectivity index (χ3v) is 4.86. The second-order valence-corrected chi connectivity index (χ2v) is 6.47. The lowest BCUT2D eigenvalue weighted by molar-refractivity contribution is 0.506. The Morgan fingerprint density at radius 3 is 2.80 bits per heavy atom. The second kappa shape index (κ2) is 6.21. The highest BCUT2D eigenvalue weighted by atomic mass is 32.1. The first-order valence-electron chi connectivity index (χ1n) is 7.49. The van der Waals surface area contributed by atoms with Crippen LogP contribution in [0.15, 0.2) is 52.4 Å². The first-order valence-corrected chi connectivity index (χ1v) is 8.30. The highest BCUT2D eigenvalue weighted by Gasteiger charge is 2.17. The van der Waals surface area contributed by atoms with Crippen LogP contribution in [0.5, 0.6) is 0 Å².